The van der Waals surface area contributed by atoms with Crippen molar-refractivity contribution in [2.24, 2.45) is 15.4 Å². The number of ether oxygens (including phenoxy) is 3. The Hall–Kier alpha value is -4.98. The Bertz CT molecular complexity index is 1830. The quantitative estimate of drug-likeness (QED) is 0.111. The van der Waals surface area contributed by atoms with E-state index in [1.165, 1.54) is 0 Å². The van der Waals surface area contributed by atoms with Crippen molar-refractivity contribution in [1.29, 1.82) is 0 Å². The number of benzene rings is 2. The standard InChI is InChI=1S/C29H32N6O11S2/c30-48(42,43)29-33-22-5-4-21(13-24(22)47-29)46-15-19-11-18(34-35-19)12-26(37)32-23(28(40)41)16-44-14-17-2-1-3-20(10-17)45-9-8-31-25(36)6-7-27(38)39/h1-5,10-11,13,18,23H,6-9,12,14-16H2,(H,31,36)(H,32,37)(H,38,39)(H,40,41)(H2,30,42,43). The van der Waals surface area contributed by atoms with Gasteiger partial charge in [-0.05, 0) is 42.0 Å². The Morgan fingerprint density at radius 3 is 2.54 bits per heavy atom. The van der Waals surface area contributed by atoms with E-state index in [-0.39, 0.29) is 56.6 Å². The number of carboxylic acid groups (broad SMARTS) is 2. The lowest BCUT2D eigenvalue weighted by atomic mass is 10.2. The highest BCUT2D eigenvalue weighted by molar-refractivity contribution is 7.91. The van der Waals surface area contributed by atoms with E-state index >= 15 is 0 Å². The van der Waals surface area contributed by atoms with Crippen LogP contribution in [0.15, 0.2) is 68.8 Å². The number of azo groups is 1. The van der Waals surface area contributed by atoms with Crippen molar-refractivity contribution >= 4 is 55.3 Å². The smallest absolute Gasteiger partial charge is 0.328 e. The van der Waals surface area contributed by atoms with Gasteiger partial charge in [0.25, 0.3) is 10.0 Å². The molecule has 0 saturated carbocycles. The van der Waals surface area contributed by atoms with Gasteiger partial charge in [-0.1, -0.05) is 12.1 Å². The largest absolute Gasteiger partial charge is 0.492 e. The van der Waals surface area contributed by atoms with Crippen molar-refractivity contribution < 1.29 is 52.0 Å². The number of amides is 2. The summed E-state index contributed by atoms with van der Waals surface area (Å²) in [6.07, 6.45) is 1.09. The zero-order chi connectivity index (χ0) is 34.7. The second kappa shape index (κ2) is 16.7. The Kier molecular flexibility index (Phi) is 12.5. The highest BCUT2D eigenvalue weighted by atomic mass is 32.2. The third-order valence-corrected chi connectivity index (χ3v) is 8.77. The number of carboxylic acids is 2. The fraction of sp³-hybridized carbons (Fsp3) is 0.345. The minimum Gasteiger partial charge on any atom is -0.492 e. The first kappa shape index (κ1) is 35.9. The average molecular weight is 705 g/mol. The first-order valence-corrected chi connectivity index (χ1v) is 16.7. The molecule has 0 bridgehead atoms. The van der Waals surface area contributed by atoms with Crippen molar-refractivity contribution in [2.45, 2.75) is 42.3 Å². The molecule has 2 amide bonds. The number of nitrogens with zero attached hydrogens (tertiary/aromatic N) is 3. The van der Waals surface area contributed by atoms with Crippen LogP contribution in [0.25, 0.3) is 10.2 Å². The molecule has 6 N–H and O–H groups in total. The molecule has 2 aromatic carbocycles. The highest BCUT2D eigenvalue weighted by Crippen LogP contribution is 2.29. The molecule has 19 heteroatoms. The van der Waals surface area contributed by atoms with Crippen LogP contribution in [0.5, 0.6) is 11.5 Å². The van der Waals surface area contributed by atoms with Gasteiger partial charge in [-0.15, -0.1) is 11.3 Å². The zero-order valence-electron chi connectivity index (χ0n) is 25.2. The molecule has 0 fully saturated rings. The van der Waals surface area contributed by atoms with Crippen LogP contribution in [0.1, 0.15) is 24.8 Å². The summed E-state index contributed by atoms with van der Waals surface area (Å²) in [7, 11) is -3.92. The van der Waals surface area contributed by atoms with Crippen molar-refractivity contribution in [2.75, 3.05) is 26.4 Å². The number of nitrogens with two attached hydrogens (primary N) is 1. The molecule has 2 heterocycles. The number of rotatable bonds is 19. The average Bonchev–Trinajstić information content (AvgIpc) is 3.67. The number of sulfonamides is 1. The van der Waals surface area contributed by atoms with Crippen LogP contribution in [-0.2, 0) is 40.5 Å². The molecule has 0 spiro atoms. The summed E-state index contributed by atoms with van der Waals surface area (Å²) in [5.74, 6) is -2.37. The van der Waals surface area contributed by atoms with Crippen LogP contribution in [0.2, 0.25) is 0 Å². The van der Waals surface area contributed by atoms with Gasteiger partial charge in [0.1, 0.15) is 30.8 Å². The summed E-state index contributed by atoms with van der Waals surface area (Å²) in [6, 6.07) is 9.73. The lowest BCUT2D eigenvalue weighted by Crippen LogP contribution is -2.44. The van der Waals surface area contributed by atoms with Crippen LogP contribution in [0.3, 0.4) is 0 Å². The number of hydrogen-bond donors (Lipinski definition) is 5. The van der Waals surface area contributed by atoms with Crippen LogP contribution in [0, 0.1) is 0 Å². The molecule has 0 saturated heterocycles. The summed E-state index contributed by atoms with van der Waals surface area (Å²) < 4.78 is 40.3. The zero-order valence-corrected chi connectivity index (χ0v) is 26.9. The van der Waals surface area contributed by atoms with Crippen LogP contribution in [0.4, 0.5) is 0 Å². The van der Waals surface area contributed by atoms with Gasteiger partial charge in [-0.25, -0.2) is 23.3 Å². The van der Waals surface area contributed by atoms with E-state index in [0.29, 0.717) is 33.0 Å². The van der Waals surface area contributed by atoms with Gasteiger partial charge in [-0.2, -0.15) is 10.2 Å². The Balaban J connectivity index is 1.17. The van der Waals surface area contributed by atoms with Gasteiger partial charge in [0.05, 0.1) is 48.5 Å². The van der Waals surface area contributed by atoms with Gasteiger partial charge in [0.15, 0.2) is 6.04 Å². The Morgan fingerprint density at radius 1 is 1.00 bits per heavy atom. The van der Waals surface area contributed by atoms with E-state index in [1.807, 2.05) is 0 Å². The molecule has 3 aromatic rings. The second-order valence-electron chi connectivity index (χ2n) is 10.3. The molecule has 0 aliphatic carbocycles. The van der Waals surface area contributed by atoms with Crippen LogP contribution >= 0.6 is 11.3 Å². The molecule has 2 unspecified atom stereocenters. The molecule has 256 valence electrons. The highest BCUT2D eigenvalue weighted by Gasteiger charge is 2.24. The predicted molar refractivity (Wildman–Crippen MR) is 169 cm³/mol. The third kappa shape index (κ3) is 11.4. The third-order valence-electron chi connectivity index (χ3n) is 6.43. The minimum absolute atomic E-state index is 0.0248. The minimum atomic E-state index is -3.92. The molecule has 0 radical (unpaired) electrons. The fourth-order valence-corrected chi connectivity index (χ4v) is 5.86. The number of carbonyl (C=O) groups is 4. The van der Waals surface area contributed by atoms with Gasteiger partial charge >= 0.3 is 11.9 Å². The molecule has 17 nitrogen and oxygen atoms in total. The number of aromatic nitrogens is 1. The monoisotopic (exact) mass is 704 g/mol. The van der Waals surface area contributed by atoms with E-state index < -0.39 is 45.9 Å². The SMILES string of the molecule is NS(=O)(=O)c1nc2ccc(OCC3=CC(CC(=O)NC(COCc4cccc(OCCNC(=O)CCC(=O)O)c4)C(=O)O)N=N3)cc2s1. The maximum Gasteiger partial charge on any atom is 0.328 e. The maximum atomic E-state index is 12.6. The Labute approximate surface area is 277 Å². The molecule has 48 heavy (non-hydrogen) atoms. The number of nitrogens with one attached hydrogen (secondary N) is 2. The molecule has 1 aromatic heterocycles. The lowest BCUT2D eigenvalue weighted by molar-refractivity contribution is -0.143. The van der Waals surface area contributed by atoms with E-state index in [2.05, 4.69) is 25.8 Å². The van der Waals surface area contributed by atoms with Crippen molar-refractivity contribution in [3.05, 3.63) is 59.8 Å². The summed E-state index contributed by atoms with van der Waals surface area (Å²) in [5, 5.41) is 36.4. The van der Waals surface area contributed by atoms with Crippen molar-refractivity contribution in [1.82, 2.24) is 15.6 Å². The number of primary sulfonamides is 1. The van der Waals surface area contributed by atoms with E-state index in [1.54, 1.807) is 48.5 Å². The Morgan fingerprint density at radius 2 is 1.79 bits per heavy atom. The second-order valence-corrected chi connectivity index (χ2v) is 13.1. The molecular formula is C29H32N6O11S2. The maximum absolute atomic E-state index is 12.6. The summed E-state index contributed by atoms with van der Waals surface area (Å²) >= 11 is 0.917. The number of fused-ring (bicyclic) bond motifs is 1. The van der Waals surface area contributed by atoms with Gasteiger partial charge < -0.3 is 35.1 Å². The topological polar surface area (TPSA) is 258 Å². The van der Waals surface area contributed by atoms with Crippen LogP contribution in [-0.4, -0.2) is 85.8 Å². The van der Waals surface area contributed by atoms with E-state index in [9.17, 15) is 32.7 Å². The predicted octanol–water partition coefficient (Wildman–Crippen LogP) is 1.58. The number of hydrogen-bond acceptors (Lipinski definition) is 13. The summed E-state index contributed by atoms with van der Waals surface area (Å²) in [4.78, 5) is 50.4. The number of carbonyl (C=O) groups excluding carboxylic acids is 2. The van der Waals surface area contributed by atoms with Gasteiger partial charge in [-0.3, -0.25) is 14.4 Å². The normalized spacial score (nSPS) is 14.7. The van der Waals surface area contributed by atoms with Gasteiger partial charge in [0, 0.05) is 6.42 Å². The number of thiazole rings is 1. The van der Waals surface area contributed by atoms with Crippen molar-refractivity contribution in [3.8, 4) is 11.5 Å². The molecule has 1 aliphatic heterocycles. The van der Waals surface area contributed by atoms with E-state index in [0.717, 1.165) is 11.3 Å². The number of aliphatic carboxylic acids is 2. The first-order valence-electron chi connectivity index (χ1n) is 14.3. The molecule has 2 atom stereocenters. The van der Waals surface area contributed by atoms with E-state index in [4.69, 9.17) is 24.5 Å². The molecule has 4 rings (SSSR count). The molecule has 1 aliphatic rings. The molecular weight excluding hydrogens is 672 g/mol. The van der Waals surface area contributed by atoms with Gasteiger partial charge in [0.2, 0.25) is 16.2 Å². The van der Waals surface area contributed by atoms with Crippen molar-refractivity contribution in [3.63, 3.8) is 0 Å². The summed E-state index contributed by atoms with van der Waals surface area (Å²) in [6.45, 7) is 0.0888. The lowest BCUT2D eigenvalue weighted by Gasteiger charge is -2.15. The van der Waals surface area contributed by atoms with Crippen LogP contribution < -0.4 is 25.2 Å². The summed E-state index contributed by atoms with van der Waals surface area (Å²) in [5.41, 5.74) is 1.59. The first-order chi connectivity index (χ1) is 22.9. The fourth-order valence-electron chi connectivity index (χ4n) is 4.17.